The van der Waals surface area contributed by atoms with Crippen LogP contribution in [0.1, 0.15) is 31.2 Å². The quantitative estimate of drug-likeness (QED) is 0.826. The lowest BCUT2D eigenvalue weighted by Gasteiger charge is -2.30. The summed E-state index contributed by atoms with van der Waals surface area (Å²) in [5.74, 6) is 0.819. The van der Waals surface area contributed by atoms with Crippen molar-refractivity contribution in [3.63, 3.8) is 0 Å². The molecule has 5 heteroatoms. The van der Waals surface area contributed by atoms with Gasteiger partial charge in [0.15, 0.2) is 0 Å². The van der Waals surface area contributed by atoms with E-state index in [0.717, 1.165) is 38.6 Å². The second kappa shape index (κ2) is 5.71. The molecule has 0 amide bonds. The van der Waals surface area contributed by atoms with Crippen LogP contribution in [0, 0.1) is 5.92 Å². The number of ether oxygens (including phenoxy) is 2. The van der Waals surface area contributed by atoms with Gasteiger partial charge in [-0.3, -0.25) is 9.58 Å². The van der Waals surface area contributed by atoms with E-state index in [9.17, 15) is 0 Å². The molecule has 2 heterocycles. The Bertz CT molecular complexity index is 486. The van der Waals surface area contributed by atoms with Gasteiger partial charge in [0.05, 0.1) is 25.0 Å². The third-order valence-corrected chi connectivity index (χ3v) is 5.04. The van der Waals surface area contributed by atoms with Gasteiger partial charge < -0.3 is 9.47 Å². The highest BCUT2D eigenvalue weighted by atomic mass is 16.5. The van der Waals surface area contributed by atoms with Gasteiger partial charge in [-0.05, 0) is 31.6 Å². The maximum Gasteiger partial charge on any atom is 0.0991 e. The summed E-state index contributed by atoms with van der Waals surface area (Å²) in [6, 6.07) is 0.511. The van der Waals surface area contributed by atoms with E-state index >= 15 is 0 Å². The lowest BCUT2D eigenvalue weighted by atomic mass is 10.1. The Labute approximate surface area is 126 Å². The van der Waals surface area contributed by atoms with Crippen molar-refractivity contribution < 1.29 is 9.47 Å². The highest BCUT2D eigenvalue weighted by molar-refractivity contribution is 5.06. The standard InChI is InChI=1S/C16H25N3O2/c1-18-9-13(8-17-18)10-19-6-7-20-15-5-4-14(19)16(15)21-11-12-2-3-12/h8-9,12,14-16H,2-7,10-11H2,1H3/t14-,15-,16+/m0/s1. The summed E-state index contributed by atoms with van der Waals surface area (Å²) in [5, 5.41) is 4.28. The Balaban J connectivity index is 1.44. The Morgan fingerprint density at radius 3 is 3.00 bits per heavy atom. The first kappa shape index (κ1) is 13.7. The van der Waals surface area contributed by atoms with Crippen molar-refractivity contribution in [1.29, 1.82) is 0 Å². The van der Waals surface area contributed by atoms with Crippen LogP contribution in [0.4, 0.5) is 0 Å². The van der Waals surface area contributed by atoms with E-state index in [4.69, 9.17) is 9.47 Å². The monoisotopic (exact) mass is 291 g/mol. The van der Waals surface area contributed by atoms with E-state index in [1.165, 1.54) is 24.8 Å². The van der Waals surface area contributed by atoms with Crippen molar-refractivity contribution in [3.05, 3.63) is 18.0 Å². The number of aromatic nitrogens is 2. The number of hydrogen-bond donors (Lipinski definition) is 0. The molecule has 2 saturated carbocycles. The summed E-state index contributed by atoms with van der Waals surface area (Å²) >= 11 is 0. The van der Waals surface area contributed by atoms with Crippen molar-refractivity contribution in [2.75, 3.05) is 19.8 Å². The van der Waals surface area contributed by atoms with E-state index in [1.807, 2.05) is 17.9 Å². The molecular weight excluding hydrogens is 266 g/mol. The van der Waals surface area contributed by atoms with Gasteiger partial charge in [-0.25, -0.2) is 0 Å². The van der Waals surface area contributed by atoms with E-state index in [2.05, 4.69) is 16.2 Å². The third-order valence-electron chi connectivity index (χ3n) is 5.04. The SMILES string of the molecule is Cn1cc(CN2CCO[C@H]3CC[C@H]2[C@H]3OCC2CC2)cn1. The molecule has 116 valence electrons. The average molecular weight is 291 g/mol. The van der Waals surface area contributed by atoms with Gasteiger partial charge in [0.2, 0.25) is 0 Å². The number of aryl methyl sites for hydroxylation is 1. The number of nitrogens with zero attached hydrogens (tertiary/aromatic N) is 3. The molecule has 0 spiro atoms. The highest BCUT2D eigenvalue weighted by Gasteiger charge is 2.43. The first-order valence-corrected chi connectivity index (χ1v) is 8.24. The molecule has 3 aliphatic rings. The van der Waals surface area contributed by atoms with E-state index in [1.54, 1.807) is 0 Å². The van der Waals surface area contributed by atoms with E-state index in [0.29, 0.717) is 12.1 Å². The summed E-state index contributed by atoms with van der Waals surface area (Å²) in [6.07, 6.45) is 9.70. The predicted octanol–water partition coefficient (Wildman–Crippen LogP) is 1.58. The minimum atomic E-state index is 0.268. The maximum atomic E-state index is 6.26. The smallest absolute Gasteiger partial charge is 0.0991 e. The average Bonchev–Trinajstić information content (AvgIpc) is 3.10. The van der Waals surface area contributed by atoms with Gasteiger partial charge in [0, 0.05) is 44.5 Å². The van der Waals surface area contributed by atoms with Crippen LogP contribution in [-0.4, -0.2) is 52.7 Å². The fourth-order valence-corrected chi connectivity index (χ4v) is 3.70. The molecule has 2 aliphatic carbocycles. The van der Waals surface area contributed by atoms with Crippen LogP contribution in [0.3, 0.4) is 0 Å². The molecule has 0 N–H and O–H groups in total. The second-order valence-electron chi connectivity index (χ2n) is 6.79. The van der Waals surface area contributed by atoms with Crippen molar-refractivity contribution in [2.45, 2.75) is 50.5 Å². The van der Waals surface area contributed by atoms with E-state index in [-0.39, 0.29) is 6.10 Å². The minimum absolute atomic E-state index is 0.268. The maximum absolute atomic E-state index is 6.26. The molecule has 1 saturated heterocycles. The van der Waals surface area contributed by atoms with Crippen LogP contribution < -0.4 is 0 Å². The highest BCUT2D eigenvalue weighted by Crippen LogP contribution is 2.35. The Hall–Kier alpha value is -0.910. The lowest BCUT2D eigenvalue weighted by Crippen LogP contribution is -2.43. The molecule has 3 atom stereocenters. The van der Waals surface area contributed by atoms with Crippen molar-refractivity contribution in [2.24, 2.45) is 13.0 Å². The summed E-state index contributed by atoms with van der Waals surface area (Å²) in [4.78, 5) is 2.54. The van der Waals surface area contributed by atoms with Crippen LogP contribution in [0.15, 0.2) is 12.4 Å². The van der Waals surface area contributed by atoms with Gasteiger partial charge in [-0.1, -0.05) is 0 Å². The molecule has 21 heavy (non-hydrogen) atoms. The summed E-state index contributed by atoms with van der Waals surface area (Å²) < 4.78 is 14.2. The summed E-state index contributed by atoms with van der Waals surface area (Å²) in [7, 11) is 1.97. The zero-order chi connectivity index (χ0) is 14.2. The zero-order valence-corrected chi connectivity index (χ0v) is 12.8. The van der Waals surface area contributed by atoms with Crippen LogP contribution in [0.5, 0.6) is 0 Å². The van der Waals surface area contributed by atoms with Gasteiger partial charge in [-0.15, -0.1) is 0 Å². The van der Waals surface area contributed by atoms with Gasteiger partial charge >= 0.3 is 0 Å². The van der Waals surface area contributed by atoms with Crippen LogP contribution >= 0.6 is 0 Å². The fourth-order valence-electron chi connectivity index (χ4n) is 3.70. The Morgan fingerprint density at radius 1 is 1.33 bits per heavy atom. The minimum Gasteiger partial charge on any atom is -0.374 e. The second-order valence-corrected chi connectivity index (χ2v) is 6.79. The number of rotatable bonds is 5. The molecule has 2 bridgehead atoms. The predicted molar refractivity (Wildman–Crippen MR) is 78.8 cm³/mol. The van der Waals surface area contributed by atoms with Crippen molar-refractivity contribution in [3.8, 4) is 0 Å². The fraction of sp³-hybridized carbons (Fsp3) is 0.812. The molecular formula is C16H25N3O2. The molecule has 3 fully saturated rings. The van der Waals surface area contributed by atoms with Crippen LogP contribution in [-0.2, 0) is 23.1 Å². The van der Waals surface area contributed by atoms with Crippen LogP contribution in [0.25, 0.3) is 0 Å². The van der Waals surface area contributed by atoms with Crippen molar-refractivity contribution >= 4 is 0 Å². The molecule has 1 aliphatic heterocycles. The molecule has 1 aromatic rings. The van der Waals surface area contributed by atoms with Crippen molar-refractivity contribution in [1.82, 2.24) is 14.7 Å². The normalized spacial score (nSPS) is 33.3. The summed E-state index contributed by atoms with van der Waals surface area (Å²) in [6.45, 7) is 3.71. The zero-order valence-electron chi connectivity index (χ0n) is 12.8. The third kappa shape index (κ3) is 3.00. The largest absolute Gasteiger partial charge is 0.374 e. The first-order valence-electron chi connectivity index (χ1n) is 8.24. The van der Waals surface area contributed by atoms with Crippen LogP contribution in [0.2, 0.25) is 0 Å². The number of fused-ring (bicyclic) bond motifs is 2. The Morgan fingerprint density at radius 2 is 2.24 bits per heavy atom. The summed E-state index contributed by atoms with van der Waals surface area (Å²) in [5.41, 5.74) is 1.28. The first-order chi connectivity index (χ1) is 10.3. The molecule has 0 aromatic carbocycles. The molecule has 5 nitrogen and oxygen atoms in total. The topological polar surface area (TPSA) is 39.5 Å². The van der Waals surface area contributed by atoms with Gasteiger partial charge in [0.25, 0.3) is 0 Å². The lowest BCUT2D eigenvalue weighted by molar-refractivity contribution is -0.0572. The van der Waals surface area contributed by atoms with E-state index < -0.39 is 0 Å². The molecule has 4 rings (SSSR count). The molecule has 0 unspecified atom stereocenters. The molecule has 1 aromatic heterocycles. The molecule has 0 radical (unpaired) electrons. The Kier molecular flexibility index (Phi) is 3.73. The number of hydrogen-bond acceptors (Lipinski definition) is 4. The van der Waals surface area contributed by atoms with Gasteiger partial charge in [0.1, 0.15) is 0 Å². The van der Waals surface area contributed by atoms with Gasteiger partial charge in [-0.2, -0.15) is 5.10 Å².